The van der Waals surface area contributed by atoms with Crippen molar-refractivity contribution in [1.82, 2.24) is 19.6 Å². The van der Waals surface area contributed by atoms with Crippen LogP contribution in [0.5, 0.6) is 5.75 Å². The quantitative estimate of drug-likeness (QED) is 0.461. The van der Waals surface area contributed by atoms with Gasteiger partial charge in [-0.15, -0.1) is 5.10 Å². The molecule has 4 rings (SSSR count). The summed E-state index contributed by atoms with van der Waals surface area (Å²) in [5, 5.41) is 6.48. The van der Waals surface area contributed by atoms with E-state index in [9.17, 15) is 18.0 Å². The molecule has 32 heavy (non-hydrogen) atoms. The maximum atomic E-state index is 13.7. The van der Waals surface area contributed by atoms with Gasteiger partial charge in [0.25, 0.3) is 11.7 Å². The van der Waals surface area contributed by atoms with E-state index in [1.807, 2.05) is 6.92 Å². The van der Waals surface area contributed by atoms with Crippen LogP contribution in [-0.2, 0) is 6.18 Å². The standard InChI is InChI=1S/C21H15ClF3N5O2/c1-11-3-5-12(6-4-11)15-10-17(21(23,24)25)30-20(27-15)28-18(29-30)19(31)26-13-7-8-16(32-2)14(22)9-13/h3-10H,1-2H3,(H,26,31). The summed E-state index contributed by atoms with van der Waals surface area (Å²) in [6.45, 7) is 1.86. The minimum absolute atomic E-state index is 0.0612. The summed E-state index contributed by atoms with van der Waals surface area (Å²) in [7, 11) is 1.44. The van der Waals surface area contributed by atoms with E-state index >= 15 is 0 Å². The van der Waals surface area contributed by atoms with Gasteiger partial charge in [0, 0.05) is 11.3 Å². The van der Waals surface area contributed by atoms with Crippen LogP contribution in [0.15, 0.2) is 48.5 Å². The maximum Gasteiger partial charge on any atom is 0.433 e. The van der Waals surface area contributed by atoms with Gasteiger partial charge in [-0.2, -0.15) is 22.7 Å². The molecule has 0 radical (unpaired) electrons. The minimum atomic E-state index is -4.74. The Morgan fingerprint density at radius 1 is 1.09 bits per heavy atom. The number of fused-ring (bicyclic) bond motifs is 1. The SMILES string of the molecule is COc1ccc(NC(=O)c2nc3nc(-c4ccc(C)cc4)cc(C(F)(F)F)n3n2)cc1Cl. The number of hydrogen-bond donors (Lipinski definition) is 1. The molecule has 11 heteroatoms. The molecule has 2 heterocycles. The lowest BCUT2D eigenvalue weighted by Gasteiger charge is -2.10. The first kappa shape index (κ1) is 21.6. The molecule has 164 valence electrons. The zero-order valence-electron chi connectivity index (χ0n) is 16.7. The number of carbonyl (C=O) groups is 1. The highest BCUT2D eigenvalue weighted by molar-refractivity contribution is 6.32. The van der Waals surface area contributed by atoms with E-state index in [1.54, 1.807) is 24.3 Å². The van der Waals surface area contributed by atoms with Crippen molar-refractivity contribution >= 4 is 29.0 Å². The Hall–Kier alpha value is -3.66. The summed E-state index contributed by atoms with van der Waals surface area (Å²) in [6.07, 6.45) is -4.74. The maximum absolute atomic E-state index is 13.7. The highest BCUT2D eigenvalue weighted by atomic mass is 35.5. The van der Waals surface area contributed by atoms with Gasteiger partial charge in [-0.25, -0.2) is 4.98 Å². The number of carbonyl (C=O) groups excluding carboxylic acids is 1. The van der Waals surface area contributed by atoms with Crippen LogP contribution in [0.1, 0.15) is 21.9 Å². The van der Waals surface area contributed by atoms with E-state index in [1.165, 1.54) is 25.3 Å². The number of anilines is 1. The van der Waals surface area contributed by atoms with Crippen molar-refractivity contribution in [2.24, 2.45) is 0 Å². The Kier molecular flexibility index (Phi) is 5.47. The molecule has 0 saturated carbocycles. The van der Waals surface area contributed by atoms with Crippen LogP contribution in [-0.4, -0.2) is 32.6 Å². The van der Waals surface area contributed by atoms with Crippen molar-refractivity contribution in [3.05, 3.63) is 70.6 Å². The zero-order valence-corrected chi connectivity index (χ0v) is 17.5. The van der Waals surface area contributed by atoms with Gasteiger partial charge < -0.3 is 10.1 Å². The third-order valence-electron chi connectivity index (χ3n) is 4.56. The molecule has 7 nitrogen and oxygen atoms in total. The number of alkyl halides is 3. The molecule has 0 aliphatic rings. The molecule has 0 aliphatic heterocycles. The fraction of sp³-hybridized carbons (Fsp3) is 0.143. The number of nitrogens with one attached hydrogen (secondary N) is 1. The second kappa shape index (κ2) is 8.12. The molecule has 2 aromatic carbocycles. The van der Waals surface area contributed by atoms with Crippen molar-refractivity contribution in [2.75, 3.05) is 12.4 Å². The number of amides is 1. The van der Waals surface area contributed by atoms with Gasteiger partial charge in [-0.3, -0.25) is 4.79 Å². The Balaban J connectivity index is 1.74. The summed E-state index contributed by atoms with van der Waals surface area (Å²) < 4.78 is 46.7. The molecule has 4 aromatic rings. The number of aryl methyl sites for hydroxylation is 1. The number of nitrogens with zero attached hydrogens (tertiary/aromatic N) is 4. The number of halogens is 4. The summed E-state index contributed by atoms with van der Waals surface area (Å²) in [5.74, 6) is -1.25. The summed E-state index contributed by atoms with van der Waals surface area (Å²) in [6, 6.07) is 12.2. The van der Waals surface area contributed by atoms with Crippen LogP contribution in [0.25, 0.3) is 17.0 Å². The van der Waals surface area contributed by atoms with E-state index in [0.717, 1.165) is 11.6 Å². The summed E-state index contributed by atoms with van der Waals surface area (Å²) in [4.78, 5) is 20.7. The number of ether oxygens (including phenoxy) is 1. The smallest absolute Gasteiger partial charge is 0.433 e. The van der Waals surface area contributed by atoms with Crippen LogP contribution in [0, 0.1) is 6.92 Å². The van der Waals surface area contributed by atoms with Crippen molar-refractivity contribution in [1.29, 1.82) is 0 Å². The van der Waals surface area contributed by atoms with Gasteiger partial charge in [0.2, 0.25) is 5.82 Å². The van der Waals surface area contributed by atoms with Gasteiger partial charge in [-0.05, 0) is 31.2 Å². The monoisotopic (exact) mass is 461 g/mol. The predicted octanol–water partition coefficient (Wildman–Crippen LogP) is 5.03. The predicted molar refractivity (Wildman–Crippen MR) is 112 cm³/mol. The van der Waals surface area contributed by atoms with Gasteiger partial charge in [0.15, 0.2) is 5.69 Å². The van der Waals surface area contributed by atoms with Crippen molar-refractivity contribution in [3.63, 3.8) is 0 Å². The summed E-state index contributed by atoms with van der Waals surface area (Å²) >= 11 is 6.03. The van der Waals surface area contributed by atoms with Crippen molar-refractivity contribution < 1.29 is 22.7 Å². The van der Waals surface area contributed by atoms with Crippen LogP contribution in [0.2, 0.25) is 5.02 Å². The first-order valence-electron chi connectivity index (χ1n) is 9.22. The topological polar surface area (TPSA) is 81.4 Å². The molecule has 0 spiro atoms. The Labute approximate surface area is 184 Å². The first-order chi connectivity index (χ1) is 15.2. The fourth-order valence-corrected chi connectivity index (χ4v) is 3.23. The molecule has 0 atom stereocenters. The molecule has 0 aliphatic carbocycles. The average Bonchev–Trinajstić information content (AvgIpc) is 3.17. The van der Waals surface area contributed by atoms with Crippen LogP contribution >= 0.6 is 11.6 Å². The van der Waals surface area contributed by atoms with Crippen LogP contribution in [0.3, 0.4) is 0 Å². The molecule has 1 amide bonds. The molecular formula is C21H15ClF3N5O2. The second-order valence-electron chi connectivity index (χ2n) is 6.84. The number of methoxy groups -OCH3 is 1. The van der Waals surface area contributed by atoms with Crippen molar-refractivity contribution in [3.8, 4) is 17.0 Å². The lowest BCUT2D eigenvalue weighted by atomic mass is 10.1. The zero-order chi connectivity index (χ0) is 23.0. The molecule has 2 aromatic heterocycles. The van der Waals surface area contributed by atoms with E-state index < -0.39 is 23.6 Å². The number of aromatic nitrogens is 4. The van der Waals surface area contributed by atoms with Crippen molar-refractivity contribution in [2.45, 2.75) is 13.1 Å². The fourth-order valence-electron chi connectivity index (χ4n) is 2.97. The van der Waals surface area contributed by atoms with Gasteiger partial charge in [0.05, 0.1) is 17.8 Å². The van der Waals surface area contributed by atoms with Crippen LogP contribution < -0.4 is 10.1 Å². The molecule has 1 N–H and O–H groups in total. The lowest BCUT2D eigenvalue weighted by Crippen LogP contribution is -2.16. The third kappa shape index (κ3) is 4.22. The second-order valence-corrected chi connectivity index (χ2v) is 7.25. The van der Waals surface area contributed by atoms with E-state index in [0.29, 0.717) is 21.5 Å². The Morgan fingerprint density at radius 2 is 1.81 bits per heavy atom. The van der Waals surface area contributed by atoms with Crippen LogP contribution in [0.4, 0.5) is 18.9 Å². The first-order valence-corrected chi connectivity index (χ1v) is 9.60. The molecule has 0 bridgehead atoms. The largest absolute Gasteiger partial charge is 0.495 e. The third-order valence-corrected chi connectivity index (χ3v) is 4.86. The highest BCUT2D eigenvalue weighted by Crippen LogP contribution is 2.32. The van der Waals surface area contributed by atoms with Gasteiger partial charge in [-0.1, -0.05) is 41.4 Å². The number of benzene rings is 2. The van der Waals surface area contributed by atoms with Gasteiger partial charge >= 0.3 is 6.18 Å². The average molecular weight is 462 g/mol. The number of rotatable bonds is 4. The summed E-state index contributed by atoms with van der Waals surface area (Å²) in [5.41, 5.74) is 0.684. The molecule has 0 unspecified atom stereocenters. The molecule has 0 saturated heterocycles. The van der Waals surface area contributed by atoms with E-state index in [-0.39, 0.29) is 16.5 Å². The minimum Gasteiger partial charge on any atom is -0.495 e. The van der Waals surface area contributed by atoms with E-state index in [4.69, 9.17) is 16.3 Å². The number of hydrogen-bond acceptors (Lipinski definition) is 5. The van der Waals surface area contributed by atoms with Gasteiger partial charge in [0.1, 0.15) is 5.75 Å². The molecule has 0 fully saturated rings. The molecular weight excluding hydrogens is 447 g/mol. The normalized spacial score (nSPS) is 11.6. The Bertz CT molecular complexity index is 1320. The van der Waals surface area contributed by atoms with E-state index in [2.05, 4.69) is 20.4 Å². The highest BCUT2D eigenvalue weighted by Gasteiger charge is 2.36. The Morgan fingerprint density at radius 3 is 2.44 bits per heavy atom. The lowest BCUT2D eigenvalue weighted by molar-refractivity contribution is -0.142.